The molecule has 0 aliphatic rings. The third-order valence-electron chi connectivity index (χ3n) is 4.13. The standard InChI is InChI=1S/C20H19N3O6/c1-3-28-18(24)15-11-22-17(29-15)16(19(25)27-2)14-7-5-13(6-8-14)12-23-10-4-9-21-20(23)26/h4-11,16H,3,12H2,1-2H3. The van der Waals surface area contributed by atoms with Gasteiger partial charge in [-0.2, -0.15) is 0 Å². The van der Waals surface area contributed by atoms with Crippen molar-refractivity contribution in [1.82, 2.24) is 14.5 Å². The minimum absolute atomic E-state index is 0.0242. The van der Waals surface area contributed by atoms with Crippen LogP contribution < -0.4 is 5.69 Å². The number of benzene rings is 1. The predicted molar refractivity (Wildman–Crippen MR) is 100 cm³/mol. The van der Waals surface area contributed by atoms with E-state index >= 15 is 0 Å². The van der Waals surface area contributed by atoms with E-state index in [4.69, 9.17) is 13.9 Å². The molecule has 0 N–H and O–H groups in total. The second-order valence-corrected chi connectivity index (χ2v) is 6.01. The highest BCUT2D eigenvalue weighted by Gasteiger charge is 2.29. The predicted octanol–water partition coefficient (Wildman–Crippen LogP) is 1.76. The van der Waals surface area contributed by atoms with Crippen LogP contribution in [-0.2, 0) is 20.8 Å². The Morgan fingerprint density at radius 2 is 1.97 bits per heavy atom. The molecule has 0 amide bonds. The second kappa shape index (κ2) is 8.96. The van der Waals surface area contributed by atoms with Crippen LogP contribution in [0, 0.1) is 0 Å². The minimum Gasteiger partial charge on any atom is -0.468 e. The largest absolute Gasteiger partial charge is 0.468 e. The second-order valence-electron chi connectivity index (χ2n) is 6.01. The summed E-state index contributed by atoms with van der Waals surface area (Å²) in [6, 6.07) is 8.66. The molecule has 0 bridgehead atoms. The number of hydrogen-bond acceptors (Lipinski definition) is 8. The van der Waals surface area contributed by atoms with Gasteiger partial charge >= 0.3 is 17.6 Å². The Balaban J connectivity index is 1.86. The summed E-state index contributed by atoms with van der Waals surface area (Å²) in [6.07, 6.45) is 4.29. The van der Waals surface area contributed by atoms with Gasteiger partial charge in [-0.05, 0) is 24.1 Å². The first kappa shape index (κ1) is 20.0. The number of rotatable bonds is 7. The molecule has 1 atom stereocenters. The van der Waals surface area contributed by atoms with Gasteiger partial charge in [-0.3, -0.25) is 9.36 Å². The van der Waals surface area contributed by atoms with Gasteiger partial charge in [0, 0.05) is 12.4 Å². The molecule has 0 saturated carbocycles. The molecular weight excluding hydrogens is 378 g/mol. The maximum Gasteiger partial charge on any atom is 0.375 e. The van der Waals surface area contributed by atoms with Crippen molar-refractivity contribution >= 4 is 11.9 Å². The number of esters is 2. The van der Waals surface area contributed by atoms with Gasteiger partial charge in [-0.1, -0.05) is 24.3 Å². The molecule has 9 heteroatoms. The SMILES string of the molecule is CCOC(=O)c1cnc(C(C(=O)OC)c2ccc(Cn3cccnc3=O)cc2)o1. The minimum atomic E-state index is -0.946. The van der Waals surface area contributed by atoms with Crippen molar-refractivity contribution in [3.63, 3.8) is 0 Å². The summed E-state index contributed by atoms with van der Waals surface area (Å²) >= 11 is 0. The van der Waals surface area contributed by atoms with Crippen molar-refractivity contribution in [1.29, 1.82) is 0 Å². The smallest absolute Gasteiger partial charge is 0.375 e. The van der Waals surface area contributed by atoms with Gasteiger partial charge < -0.3 is 13.9 Å². The van der Waals surface area contributed by atoms with E-state index in [0.29, 0.717) is 12.1 Å². The van der Waals surface area contributed by atoms with Crippen molar-refractivity contribution in [2.45, 2.75) is 19.4 Å². The summed E-state index contributed by atoms with van der Waals surface area (Å²) in [7, 11) is 1.26. The fraction of sp³-hybridized carbons (Fsp3) is 0.250. The Labute approximate surface area is 165 Å². The van der Waals surface area contributed by atoms with E-state index in [1.165, 1.54) is 24.1 Å². The first-order valence-corrected chi connectivity index (χ1v) is 8.84. The van der Waals surface area contributed by atoms with E-state index < -0.39 is 17.9 Å². The molecule has 0 aliphatic heterocycles. The molecule has 2 aromatic heterocycles. The zero-order valence-corrected chi connectivity index (χ0v) is 15.9. The number of nitrogens with zero attached hydrogens (tertiary/aromatic N) is 3. The maximum atomic E-state index is 12.3. The topological polar surface area (TPSA) is 114 Å². The zero-order valence-electron chi connectivity index (χ0n) is 15.9. The number of carbonyl (C=O) groups is 2. The molecule has 3 aromatic rings. The summed E-state index contributed by atoms with van der Waals surface area (Å²) in [5, 5.41) is 0. The lowest BCUT2D eigenvalue weighted by atomic mass is 9.98. The fourth-order valence-corrected chi connectivity index (χ4v) is 2.73. The highest BCUT2D eigenvalue weighted by molar-refractivity contribution is 5.86. The molecule has 150 valence electrons. The molecule has 9 nitrogen and oxygen atoms in total. The quantitative estimate of drug-likeness (QED) is 0.554. The Morgan fingerprint density at radius 3 is 2.62 bits per heavy atom. The Hall–Kier alpha value is -3.75. The van der Waals surface area contributed by atoms with Crippen molar-refractivity contribution in [2.75, 3.05) is 13.7 Å². The molecule has 3 rings (SSSR count). The number of methoxy groups -OCH3 is 1. The molecule has 0 fully saturated rings. The molecular formula is C20H19N3O6. The Bertz CT molecular complexity index is 1050. The van der Waals surface area contributed by atoms with Crippen molar-refractivity contribution in [3.8, 4) is 0 Å². The van der Waals surface area contributed by atoms with E-state index in [1.807, 2.05) is 0 Å². The Kier molecular flexibility index (Phi) is 6.18. The monoisotopic (exact) mass is 397 g/mol. The molecule has 2 heterocycles. The van der Waals surface area contributed by atoms with E-state index in [2.05, 4.69) is 9.97 Å². The third-order valence-corrected chi connectivity index (χ3v) is 4.13. The average molecular weight is 397 g/mol. The first-order chi connectivity index (χ1) is 14.0. The summed E-state index contributed by atoms with van der Waals surface area (Å²) in [5.41, 5.74) is 1.05. The van der Waals surface area contributed by atoms with Gasteiger partial charge in [0.2, 0.25) is 11.7 Å². The molecule has 0 spiro atoms. The highest BCUT2D eigenvalue weighted by atomic mass is 16.5. The van der Waals surface area contributed by atoms with Crippen LogP contribution in [0.1, 0.15) is 40.4 Å². The van der Waals surface area contributed by atoms with Gasteiger partial charge in [-0.15, -0.1) is 0 Å². The highest BCUT2D eigenvalue weighted by Crippen LogP contribution is 2.26. The van der Waals surface area contributed by atoms with Crippen LogP contribution >= 0.6 is 0 Å². The molecule has 29 heavy (non-hydrogen) atoms. The van der Waals surface area contributed by atoms with Gasteiger partial charge in [0.15, 0.2) is 5.92 Å². The van der Waals surface area contributed by atoms with Crippen LogP contribution in [0.15, 0.2) is 58.1 Å². The van der Waals surface area contributed by atoms with Crippen LogP contribution in [0.3, 0.4) is 0 Å². The molecule has 0 aliphatic carbocycles. The van der Waals surface area contributed by atoms with Gasteiger partial charge in [-0.25, -0.2) is 19.6 Å². The lowest BCUT2D eigenvalue weighted by Crippen LogP contribution is -2.22. The van der Waals surface area contributed by atoms with Crippen molar-refractivity contribution in [3.05, 3.63) is 82.2 Å². The van der Waals surface area contributed by atoms with Crippen LogP contribution in [0.4, 0.5) is 0 Å². The van der Waals surface area contributed by atoms with Gasteiger partial charge in [0.1, 0.15) is 0 Å². The maximum absolute atomic E-state index is 12.3. The van der Waals surface area contributed by atoms with Crippen molar-refractivity contribution < 1.29 is 23.5 Å². The molecule has 1 unspecified atom stereocenters. The van der Waals surface area contributed by atoms with Gasteiger partial charge in [0.05, 0.1) is 26.5 Å². The number of ether oxygens (including phenoxy) is 2. The van der Waals surface area contributed by atoms with Crippen molar-refractivity contribution in [2.24, 2.45) is 0 Å². The molecule has 0 radical (unpaired) electrons. The van der Waals surface area contributed by atoms with Crippen LogP contribution in [-0.4, -0.2) is 40.2 Å². The number of oxazole rings is 1. The lowest BCUT2D eigenvalue weighted by Gasteiger charge is -2.12. The van der Waals surface area contributed by atoms with E-state index in [-0.39, 0.29) is 23.9 Å². The summed E-state index contributed by atoms with van der Waals surface area (Å²) in [5.74, 6) is -2.26. The average Bonchev–Trinajstić information content (AvgIpc) is 3.21. The first-order valence-electron chi connectivity index (χ1n) is 8.84. The third kappa shape index (κ3) is 4.57. The summed E-state index contributed by atoms with van der Waals surface area (Å²) < 4.78 is 16.6. The summed E-state index contributed by atoms with van der Waals surface area (Å²) in [4.78, 5) is 43.6. The van der Waals surface area contributed by atoms with Gasteiger partial charge in [0.25, 0.3) is 0 Å². The summed E-state index contributed by atoms with van der Waals surface area (Å²) in [6.45, 7) is 2.20. The Morgan fingerprint density at radius 1 is 1.21 bits per heavy atom. The fourth-order valence-electron chi connectivity index (χ4n) is 2.73. The number of aromatic nitrogens is 3. The number of carbonyl (C=O) groups excluding carboxylic acids is 2. The van der Waals surface area contributed by atoms with E-state index in [1.54, 1.807) is 43.5 Å². The zero-order chi connectivity index (χ0) is 20.8. The van der Waals surface area contributed by atoms with Crippen LogP contribution in [0.25, 0.3) is 0 Å². The molecule has 1 aromatic carbocycles. The molecule has 0 saturated heterocycles. The normalized spacial score (nSPS) is 11.7. The number of hydrogen-bond donors (Lipinski definition) is 0. The van der Waals surface area contributed by atoms with E-state index in [0.717, 1.165) is 5.56 Å². The van der Waals surface area contributed by atoms with E-state index in [9.17, 15) is 14.4 Å². The van der Waals surface area contributed by atoms with Crippen LogP contribution in [0.2, 0.25) is 0 Å². The van der Waals surface area contributed by atoms with Crippen LogP contribution in [0.5, 0.6) is 0 Å². The lowest BCUT2D eigenvalue weighted by molar-refractivity contribution is -0.141.